The number of hydrogen-bond donors (Lipinski definition) is 0. The first kappa shape index (κ1) is 9.37. The van der Waals surface area contributed by atoms with Crippen LogP contribution in [0.25, 0.3) is 0 Å². The lowest BCUT2D eigenvalue weighted by Gasteiger charge is -2.23. The summed E-state index contributed by atoms with van der Waals surface area (Å²) in [5, 5.41) is 3.83. The third-order valence-corrected chi connectivity index (χ3v) is 2.86. The van der Waals surface area contributed by atoms with E-state index >= 15 is 0 Å². The van der Waals surface area contributed by atoms with Crippen molar-refractivity contribution >= 4 is 6.29 Å². The van der Waals surface area contributed by atoms with Gasteiger partial charge in [0.2, 0.25) is 6.29 Å². The molecule has 0 amide bonds. The van der Waals surface area contributed by atoms with Crippen LogP contribution in [0.15, 0.2) is 4.52 Å². The monoisotopic (exact) mass is 194 g/mol. The lowest BCUT2D eigenvalue weighted by atomic mass is 9.82. The van der Waals surface area contributed by atoms with Crippen molar-refractivity contribution in [2.24, 2.45) is 5.92 Å². The van der Waals surface area contributed by atoms with Crippen LogP contribution in [0.2, 0.25) is 0 Å². The summed E-state index contributed by atoms with van der Waals surface area (Å²) in [5.41, 5.74) is 0. The first-order chi connectivity index (χ1) is 6.79. The van der Waals surface area contributed by atoms with Crippen LogP contribution in [-0.2, 0) is 0 Å². The van der Waals surface area contributed by atoms with Gasteiger partial charge in [-0.2, -0.15) is 4.98 Å². The molecule has 1 aliphatic carbocycles. The van der Waals surface area contributed by atoms with Crippen LogP contribution >= 0.6 is 0 Å². The minimum atomic E-state index is 0.0956. The number of nitrogens with zero attached hydrogens (tertiary/aromatic N) is 2. The van der Waals surface area contributed by atoms with Gasteiger partial charge >= 0.3 is 0 Å². The van der Waals surface area contributed by atoms with Crippen molar-refractivity contribution in [3.63, 3.8) is 0 Å². The predicted molar refractivity (Wildman–Crippen MR) is 50.1 cm³/mol. The van der Waals surface area contributed by atoms with E-state index in [1.54, 1.807) is 0 Å². The highest BCUT2D eigenvalue weighted by atomic mass is 16.5. The Morgan fingerprint density at radius 2 is 2.36 bits per heavy atom. The summed E-state index contributed by atoms with van der Waals surface area (Å²) in [6.07, 6.45) is 5.33. The highest BCUT2D eigenvalue weighted by molar-refractivity contribution is 5.66. The van der Waals surface area contributed by atoms with Crippen molar-refractivity contribution in [2.45, 2.75) is 38.5 Å². The summed E-state index contributed by atoms with van der Waals surface area (Å²) in [5.74, 6) is 1.92. The number of carbonyl (C=O) groups excluding carboxylic acids is 1. The molecular weight excluding hydrogens is 180 g/mol. The van der Waals surface area contributed by atoms with E-state index in [-0.39, 0.29) is 5.89 Å². The van der Waals surface area contributed by atoms with Crippen molar-refractivity contribution in [1.82, 2.24) is 10.1 Å². The first-order valence-electron chi connectivity index (χ1n) is 5.08. The maximum atomic E-state index is 10.4. The molecule has 1 heterocycles. The molecule has 1 aliphatic rings. The third kappa shape index (κ3) is 1.84. The Morgan fingerprint density at radius 1 is 1.50 bits per heavy atom. The second kappa shape index (κ2) is 3.90. The molecule has 0 N–H and O–H groups in total. The first-order valence-corrected chi connectivity index (χ1v) is 5.08. The average molecular weight is 194 g/mol. The summed E-state index contributed by atoms with van der Waals surface area (Å²) >= 11 is 0. The van der Waals surface area contributed by atoms with Crippen LogP contribution in [0.1, 0.15) is 55.0 Å². The van der Waals surface area contributed by atoms with Gasteiger partial charge in [-0.1, -0.05) is 24.9 Å². The Labute approximate surface area is 82.7 Å². The van der Waals surface area contributed by atoms with E-state index in [4.69, 9.17) is 4.52 Å². The molecule has 0 spiro atoms. The van der Waals surface area contributed by atoms with Gasteiger partial charge in [-0.15, -0.1) is 0 Å². The standard InChI is InChI=1S/C10H14N2O2/c1-7-3-2-4-8(5-7)10-11-9(6-13)14-12-10/h6-8H,2-5H2,1H3. The topological polar surface area (TPSA) is 56.0 Å². The molecule has 4 nitrogen and oxygen atoms in total. The Bertz CT molecular complexity index is 322. The summed E-state index contributed by atoms with van der Waals surface area (Å²) < 4.78 is 4.77. The van der Waals surface area contributed by atoms with Gasteiger partial charge in [0.25, 0.3) is 5.89 Å². The zero-order valence-corrected chi connectivity index (χ0v) is 8.27. The lowest BCUT2D eigenvalue weighted by molar-refractivity contribution is 0.108. The van der Waals surface area contributed by atoms with Gasteiger partial charge in [0.15, 0.2) is 5.82 Å². The molecule has 0 aromatic carbocycles. The largest absolute Gasteiger partial charge is 0.331 e. The lowest BCUT2D eigenvalue weighted by Crippen LogP contribution is -2.12. The quantitative estimate of drug-likeness (QED) is 0.677. The van der Waals surface area contributed by atoms with Crippen LogP contribution in [0.4, 0.5) is 0 Å². The van der Waals surface area contributed by atoms with Gasteiger partial charge in [-0.05, 0) is 18.8 Å². The molecule has 2 rings (SSSR count). The number of hydrogen-bond acceptors (Lipinski definition) is 4. The van der Waals surface area contributed by atoms with Crippen LogP contribution in [0, 0.1) is 5.92 Å². The fourth-order valence-electron chi connectivity index (χ4n) is 2.13. The fraction of sp³-hybridized carbons (Fsp3) is 0.700. The minimum Gasteiger partial charge on any atom is -0.331 e. The van der Waals surface area contributed by atoms with Crippen molar-refractivity contribution in [3.05, 3.63) is 11.7 Å². The molecule has 1 fully saturated rings. The normalized spacial score (nSPS) is 27.5. The number of aromatic nitrogens is 2. The number of carbonyl (C=O) groups is 1. The third-order valence-electron chi connectivity index (χ3n) is 2.86. The predicted octanol–water partition coefficient (Wildman–Crippen LogP) is 2.18. The fourth-order valence-corrected chi connectivity index (χ4v) is 2.13. The molecule has 1 aromatic heterocycles. The van der Waals surface area contributed by atoms with E-state index in [0.29, 0.717) is 18.0 Å². The van der Waals surface area contributed by atoms with E-state index in [1.807, 2.05) is 0 Å². The van der Waals surface area contributed by atoms with Gasteiger partial charge < -0.3 is 4.52 Å². The molecule has 4 heteroatoms. The molecule has 14 heavy (non-hydrogen) atoms. The SMILES string of the molecule is CC1CCCC(c2noc(C=O)n2)C1. The second-order valence-electron chi connectivity index (χ2n) is 4.08. The Morgan fingerprint density at radius 3 is 3.00 bits per heavy atom. The zero-order chi connectivity index (χ0) is 9.97. The van der Waals surface area contributed by atoms with E-state index < -0.39 is 0 Å². The van der Waals surface area contributed by atoms with Crippen molar-refractivity contribution in [1.29, 1.82) is 0 Å². The molecule has 0 saturated heterocycles. The highest BCUT2D eigenvalue weighted by Gasteiger charge is 2.24. The van der Waals surface area contributed by atoms with E-state index in [1.165, 1.54) is 12.8 Å². The maximum Gasteiger partial charge on any atom is 0.290 e. The van der Waals surface area contributed by atoms with Crippen LogP contribution in [-0.4, -0.2) is 16.4 Å². The summed E-state index contributed by atoms with van der Waals surface area (Å²) in [7, 11) is 0. The molecule has 76 valence electrons. The van der Waals surface area contributed by atoms with Crippen LogP contribution < -0.4 is 0 Å². The molecule has 1 aromatic rings. The molecule has 0 aliphatic heterocycles. The smallest absolute Gasteiger partial charge is 0.290 e. The minimum absolute atomic E-state index is 0.0956. The van der Waals surface area contributed by atoms with Crippen LogP contribution in [0.3, 0.4) is 0 Å². The Kier molecular flexibility index (Phi) is 2.61. The van der Waals surface area contributed by atoms with Crippen molar-refractivity contribution < 1.29 is 9.32 Å². The van der Waals surface area contributed by atoms with Gasteiger partial charge in [0.1, 0.15) is 0 Å². The summed E-state index contributed by atoms with van der Waals surface area (Å²) in [6, 6.07) is 0. The Balaban J connectivity index is 2.09. The number of rotatable bonds is 2. The van der Waals surface area contributed by atoms with Crippen LogP contribution in [0.5, 0.6) is 0 Å². The van der Waals surface area contributed by atoms with Gasteiger partial charge in [0.05, 0.1) is 0 Å². The highest BCUT2D eigenvalue weighted by Crippen LogP contribution is 2.34. The second-order valence-corrected chi connectivity index (χ2v) is 4.08. The molecule has 2 atom stereocenters. The van der Waals surface area contributed by atoms with E-state index in [0.717, 1.165) is 18.8 Å². The van der Waals surface area contributed by atoms with E-state index in [2.05, 4.69) is 17.1 Å². The van der Waals surface area contributed by atoms with Crippen molar-refractivity contribution in [2.75, 3.05) is 0 Å². The molecule has 0 bridgehead atoms. The van der Waals surface area contributed by atoms with Gasteiger partial charge in [-0.3, -0.25) is 4.79 Å². The molecular formula is C10H14N2O2. The molecule has 1 saturated carbocycles. The molecule has 0 radical (unpaired) electrons. The van der Waals surface area contributed by atoms with Crippen molar-refractivity contribution in [3.8, 4) is 0 Å². The molecule has 2 unspecified atom stereocenters. The summed E-state index contributed by atoms with van der Waals surface area (Å²) in [4.78, 5) is 14.4. The maximum absolute atomic E-state index is 10.4. The van der Waals surface area contributed by atoms with Gasteiger partial charge in [0, 0.05) is 5.92 Å². The zero-order valence-electron chi connectivity index (χ0n) is 8.27. The number of aldehydes is 1. The summed E-state index contributed by atoms with van der Waals surface area (Å²) in [6.45, 7) is 2.24. The van der Waals surface area contributed by atoms with Gasteiger partial charge in [-0.25, -0.2) is 0 Å². The Hall–Kier alpha value is -1.19. The average Bonchev–Trinajstić information content (AvgIpc) is 2.66. The van der Waals surface area contributed by atoms with E-state index in [9.17, 15) is 4.79 Å².